The largest absolute Gasteiger partial charge is 0.340 e. The van der Waals surface area contributed by atoms with Crippen LogP contribution in [0.4, 0.5) is 0 Å². The van der Waals surface area contributed by atoms with E-state index in [2.05, 4.69) is 4.84 Å². The van der Waals surface area contributed by atoms with Crippen molar-refractivity contribution < 1.29 is 9.63 Å². The molecule has 54 valence electrons. The molecule has 1 aromatic heterocycles. The summed E-state index contributed by atoms with van der Waals surface area (Å²) in [6.45, 7) is 4.22. The van der Waals surface area contributed by atoms with Crippen molar-refractivity contribution in [2.24, 2.45) is 0 Å². The van der Waals surface area contributed by atoms with Gasteiger partial charge in [0.15, 0.2) is 0 Å². The average molecular weight is 139 g/mol. The maximum absolute atomic E-state index is 9.89. The highest BCUT2D eigenvalue weighted by Gasteiger charge is 1.96. The van der Waals surface area contributed by atoms with Crippen LogP contribution in [0.25, 0.3) is 0 Å². The lowest BCUT2D eigenvalue weighted by atomic mass is 10.4. The van der Waals surface area contributed by atoms with Gasteiger partial charge >= 0.3 is 6.47 Å². The third-order valence-electron chi connectivity index (χ3n) is 1.26. The first-order chi connectivity index (χ1) is 4.74. The van der Waals surface area contributed by atoms with Crippen molar-refractivity contribution in [3.8, 4) is 0 Å². The predicted octanol–water partition coefficient (Wildman–Crippen LogP) is 0.690. The van der Waals surface area contributed by atoms with Crippen molar-refractivity contribution in [3.05, 3.63) is 23.5 Å². The van der Waals surface area contributed by atoms with E-state index in [4.69, 9.17) is 0 Å². The Kier molecular flexibility index (Phi) is 1.76. The molecule has 0 saturated carbocycles. The fraction of sp³-hybridized carbons (Fsp3) is 0.286. The molecule has 1 aromatic rings. The van der Waals surface area contributed by atoms with Crippen molar-refractivity contribution in [2.75, 3.05) is 0 Å². The van der Waals surface area contributed by atoms with Gasteiger partial charge in [-0.2, -0.15) is 4.73 Å². The molecule has 0 unspecified atom stereocenters. The molecule has 0 spiro atoms. The van der Waals surface area contributed by atoms with Gasteiger partial charge in [0.05, 0.1) is 5.69 Å². The van der Waals surface area contributed by atoms with Gasteiger partial charge in [-0.15, -0.1) is 0 Å². The zero-order valence-corrected chi connectivity index (χ0v) is 6.00. The third-order valence-corrected chi connectivity index (χ3v) is 1.26. The summed E-state index contributed by atoms with van der Waals surface area (Å²) < 4.78 is 1.43. The minimum absolute atomic E-state index is 0.409. The van der Waals surface area contributed by atoms with Gasteiger partial charge in [-0.3, -0.25) is 4.79 Å². The summed E-state index contributed by atoms with van der Waals surface area (Å²) in [4.78, 5) is 14.5. The number of hydrogen-bond donors (Lipinski definition) is 0. The predicted molar refractivity (Wildman–Crippen MR) is 36.6 cm³/mol. The first kappa shape index (κ1) is 6.86. The second kappa shape index (κ2) is 2.56. The molecule has 1 heterocycles. The average Bonchev–Trinajstić information content (AvgIpc) is 2.13. The molecule has 10 heavy (non-hydrogen) atoms. The second-order valence-electron chi connectivity index (χ2n) is 2.19. The van der Waals surface area contributed by atoms with E-state index < -0.39 is 0 Å². The molecular weight excluding hydrogens is 130 g/mol. The highest BCUT2D eigenvalue weighted by Crippen LogP contribution is 2.02. The van der Waals surface area contributed by atoms with Gasteiger partial charge in [-0.05, 0) is 25.5 Å². The maximum Gasteiger partial charge on any atom is 0.321 e. The quantitative estimate of drug-likeness (QED) is 0.564. The first-order valence-electron chi connectivity index (χ1n) is 3.00. The summed E-state index contributed by atoms with van der Waals surface area (Å²) in [5.41, 5.74) is 2.00. The lowest BCUT2D eigenvalue weighted by Crippen LogP contribution is -2.08. The molecule has 0 radical (unpaired) electrons. The van der Waals surface area contributed by atoms with Gasteiger partial charge in [0, 0.05) is 6.20 Å². The lowest BCUT2D eigenvalue weighted by molar-refractivity contribution is -0.129. The Morgan fingerprint density at radius 1 is 1.60 bits per heavy atom. The van der Waals surface area contributed by atoms with Gasteiger partial charge < -0.3 is 4.84 Å². The zero-order chi connectivity index (χ0) is 7.56. The van der Waals surface area contributed by atoms with Crippen molar-refractivity contribution in [1.82, 2.24) is 4.73 Å². The van der Waals surface area contributed by atoms with E-state index in [-0.39, 0.29) is 0 Å². The van der Waals surface area contributed by atoms with Crippen LogP contribution < -0.4 is 4.84 Å². The monoisotopic (exact) mass is 139 g/mol. The molecule has 0 saturated heterocycles. The van der Waals surface area contributed by atoms with E-state index in [0.29, 0.717) is 6.47 Å². The van der Waals surface area contributed by atoms with E-state index in [9.17, 15) is 4.79 Å². The molecule has 0 fully saturated rings. The summed E-state index contributed by atoms with van der Waals surface area (Å²) in [7, 11) is 0. The minimum Gasteiger partial charge on any atom is -0.340 e. The number of nitrogens with zero attached hydrogens (tertiary/aromatic N) is 1. The lowest BCUT2D eigenvalue weighted by Gasteiger charge is -1.97. The Morgan fingerprint density at radius 2 is 2.30 bits per heavy atom. The zero-order valence-electron chi connectivity index (χ0n) is 6.00. The molecule has 0 bridgehead atoms. The van der Waals surface area contributed by atoms with E-state index in [1.54, 1.807) is 6.20 Å². The Labute approximate surface area is 59.2 Å². The normalized spacial score (nSPS) is 9.40. The third kappa shape index (κ3) is 1.18. The molecule has 0 aromatic carbocycles. The Hall–Kier alpha value is -1.25. The highest BCUT2D eigenvalue weighted by atomic mass is 16.7. The van der Waals surface area contributed by atoms with Gasteiger partial charge in [0.2, 0.25) is 0 Å². The summed E-state index contributed by atoms with van der Waals surface area (Å²) >= 11 is 0. The van der Waals surface area contributed by atoms with Crippen LogP contribution in [0.3, 0.4) is 0 Å². The molecule has 0 aliphatic carbocycles. The van der Waals surface area contributed by atoms with Crippen molar-refractivity contribution in [2.45, 2.75) is 13.8 Å². The molecule has 0 N–H and O–H groups in total. The molecule has 0 amide bonds. The second-order valence-corrected chi connectivity index (χ2v) is 2.19. The summed E-state index contributed by atoms with van der Waals surface area (Å²) in [6.07, 6.45) is 1.75. The Morgan fingerprint density at radius 3 is 2.70 bits per heavy atom. The van der Waals surface area contributed by atoms with Gasteiger partial charge in [-0.25, -0.2) is 0 Å². The number of carbonyl (C=O) groups is 1. The molecule has 0 aliphatic rings. The molecular formula is C7H9NO2. The number of hydrogen-bond acceptors (Lipinski definition) is 2. The fourth-order valence-electron chi connectivity index (χ4n) is 0.877. The topological polar surface area (TPSA) is 31.2 Å². The standard InChI is InChI=1S/C7H9NO2/c1-6-3-7(2)8(4-6)10-5-9/h3-5H,1-2H3. The molecule has 1 rings (SSSR count). The van der Waals surface area contributed by atoms with Crippen LogP contribution in [0.2, 0.25) is 0 Å². The van der Waals surface area contributed by atoms with Gasteiger partial charge in [0.25, 0.3) is 0 Å². The maximum atomic E-state index is 9.89. The van der Waals surface area contributed by atoms with Crippen LogP contribution in [0, 0.1) is 13.8 Å². The van der Waals surface area contributed by atoms with Gasteiger partial charge in [0.1, 0.15) is 0 Å². The van der Waals surface area contributed by atoms with Crippen molar-refractivity contribution in [3.63, 3.8) is 0 Å². The van der Waals surface area contributed by atoms with Crippen molar-refractivity contribution >= 4 is 6.47 Å². The SMILES string of the molecule is Cc1cc(C)n(OC=O)c1. The summed E-state index contributed by atoms with van der Waals surface area (Å²) in [6, 6.07) is 1.93. The highest BCUT2D eigenvalue weighted by molar-refractivity contribution is 5.38. The van der Waals surface area contributed by atoms with Crippen LogP contribution in [0.15, 0.2) is 12.3 Å². The van der Waals surface area contributed by atoms with Crippen LogP contribution in [-0.2, 0) is 4.79 Å². The summed E-state index contributed by atoms with van der Waals surface area (Å²) in [5, 5.41) is 0. The Bertz CT molecular complexity index is 240. The fourth-order valence-corrected chi connectivity index (χ4v) is 0.877. The van der Waals surface area contributed by atoms with Crippen molar-refractivity contribution in [1.29, 1.82) is 0 Å². The van der Waals surface area contributed by atoms with Gasteiger partial charge in [-0.1, -0.05) is 0 Å². The van der Waals surface area contributed by atoms with E-state index in [1.807, 2.05) is 19.9 Å². The van der Waals surface area contributed by atoms with E-state index in [1.165, 1.54) is 4.73 Å². The number of aromatic nitrogens is 1. The number of aryl methyl sites for hydroxylation is 2. The molecule has 0 aliphatic heterocycles. The van der Waals surface area contributed by atoms with Crippen LogP contribution in [0.5, 0.6) is 0 Å². The van der Waals surface area contributed by atoms with E-state index >= 15 is 0 Å². The molecule has 0 atom stereocenters. The van der Waals surface area contributed by atoms with Crippen LogP contribution in [0.1, 0.15) is 11.3 Å². The van der Waals surface area contributed by atoms with Crippen LogP contribution >= 0.6 is 0 Å². The molecule has 3 heteroatoms. The number of rotatable bonds is 2. The number of carbonyl (C=O) groups excluding carboxylic acids is 1. The molecule has 3 nitrogen and oxygen atoms in total. The van der Waals surface area contributed by atoms with Crippen LogP contribution in [-0.4, -0.2) is 11.2 Å². The minimum atomic E-state index is 0.409. The van der Waals surface area contributed by atoms with E-state index in [0.717, 1.165) is 11.3 Å². The smallest absolute Gasteiger partial charge is 0.321 e. The summed E-state index contributed by atoms with van der Waals surface area (Å²) in [5.74, 6) is 0. The first-order valence-corrected chi connectivity index (χ1v) is 3.00. The Balaban J connectivity index is 2.91.